The maximum absolute atomic E-state index is 4.75. The summed E-state index contributed by atoms with van der Waals surface area (Å²) in [5.74, 6) is 1.92. The van der Waals surface area contributed by atoms with Crippen LogP contribution in [0.15, 0.2) is 12.1 Å². The second-order valence-electron chi connectivity index (χ2n) is 5.81. The van der Waals surface area contributed by atoms with Crippen LogP contribution in [0.5, 0.6) is 0 Å². The third-order valence-electron chi connectivity index (χ3n) is 4.25. The van der Waals surface area contributed by atoms with Gasteiger partial charge in [-0.15, -0.1) is 0 Å². The largest absolute Gasteiger partial charge is 0.354 e. The first kappa shape index (κ1) is 14.3. The van der Waals surface area contributed by atoms with Crippen LogP contribution in [0.25, 0.3) is 0 Å². The first-order chi connectivity index (χ1) is 9.11. The van der Waals surface area contributed by atoms with E-state index in [-0.39, 0.29) is 0 Å². The Labute approximate surface area is 117 Å². The Bertz CT molecular complexity index is 416. The van der Waals surface area contributed by atoms with Crippen molar-refractivity contribution in [2.75, 3.05) is 18.0 Å². The minimum absolute atomic E-state index is 0.593. The number of piperidine rings is 1. The number of rotatable bonds is 4. The molecule has 0 aliphatic carbocycles. The van der Waals surface area contributed by atoms with Gasteiger partial charge in [0.25, 0.3) is 0 Å². The summed E-state index contributed by atoms with van der Waals surface area (Å²) in [6.07, 6.45) is 2.62. The lowest BCUT2D eigenvalue weighted by Gasteiger charge is -2.39. The Morgan fingerprint density at radius 2 is 2.16 bits per heavy atom. The van der Waals surface area contributed by atoms with Crippen molar-refractivity contribution in [1.82, 2.24) is 10.3 Å². The molecule has 1 fully saturated rings. The lowest BCUT2D eigenvalue weighted by Crippen LogP contribution is -2.43. The van der Waals surface area contributed by atoms with Crippen molar-refractivity contribution in [3.8, 4) is 0 Å². The second-order valence-corrected chi connectivity index (χ2v) is 5.81. The van der Waals surface area contributed by atoms with Gasteiger partial charge in [-0.3, -0.25) is 0 Å². The summed E-state index contributed by atoms with van der Waals surface area (Å²) >= 11 is 0. The highest BCUT2D eigenvalue weighted by molar-refractivity contribution is 5.44. The third kappa shape index (κ3) is 3.47. The van der Waals surface area contributed by atoms with Crippen LogP contribution in [0.4, 0.5) is 5.82 Å². The Balaban J connectivity index is 2.20. The van der Waals surface area contributed by atoms with Crippen molar-refractivity contribution >= 4 is 5.82 Å². The van der Waals surface area contributed by atoms with Crippen LogP contribution in [0, 0.1) is 12.8 Å². The predicted molar refractivity (Wildman–Crippen MR) is 81.6 cm³/mol. The first-order valence-corrected chi connectivity index (χ1v) is 7.56. The number of aromatic nitrogens is 1. The van der Waals surface area contributed by atoms with Gasteiger partial charge in [0, 0.05) is 24.8 Å². The molecule has 3 heteroatoms. The highest BCUT2D eigenvalue weighted by Crippen LogP contribution is 2.27. The summed E-state index contributed by atoms with van der Waals surface area (Å²) in [7, 11) is 0. The molecule has 0 aromatic carbocycles. The molecule has 2 atom stereocenters. The zero-order valence-electron chi connectivity index (χ0n) is 12.7. The van der Waals surface area contributed by atoms with Crippen LogP contribution in [0.2, 0.25) is 0 Å². The van der Waals surface area contributed by atoms with Gasteiger partial charge in [0.15, 0.2) is 0 Å². The van der Waals surface area contributed by atoms with Gasteiger partial charge in [0.1, 0.15) is 5.82 Å². The molecule has 0 bridgehead atoms. The van der Waals surface area contributed by atoms with Gasteiger partial charge in [0.05, 0.1) is 0 Å². The Kier molecular flexibility index (Phi) is 4.81. The third-order valence-corrected chi connectivity index (χ3v) is 4.25. The van der Waals surface area contributed by atoms with Crippen LogP contribution >= 0.6 is 0 Å². The van der Waals surface area contributed by atoms with Gasteiger partial charge in [-0.25, -0.2) is 4.98 Å². The summed E-state index contributed by atoms with van der Waals surface area (Å²) in [5, 5.41) is 3.40. The first-order valence-electron chi connectivity index (χ1n) is 7.56. The van der Waals surface area contributed by atoms with E-state index in [4.69, 9.17) is 4.98 Å². The number of nitrogens with one attached hydrogen (secondary N) is 1. The molecule has 1 saturated heterocycles. The lowest BCUT2D eigenvalue weighted by atomic mass is 9.92. The SMILES string of the molecule is CCNCc1cc(C)nc(N2CCCC(C)C2C)c1. The zero-order chi connectivity index (χ0) is 13.8. The molecule has 0 radical (unpaired) electrons. The van der Waals surface area contributed by atoms with Crippen LogP contribution in [-0.2, 0) is 6.54 Å². The van der Waals surface area contributed by atoms with E-state index < -0.39 is 0 Å². The number of anilines is 1. The Hall–Kier alpha value is -1.09. The molecule has 3 nitrogen and oxygen atoms in total. The fourth-order valence-corrected chi connectivity index (χ4v) is 2.90. The van der Waals surface area contributed by atoms with E-state index in [0.717, 1.165) is 37.1 Å². The smallest absolute Gasteiger partial charge is 0.129 e. The van der Waals surface area contributed by atoms with E-state index in [1.54, 1.807) is 0 Å². The van der Waals surface area contributed by atoms with Crippen LogP contribution in [-0.4, -0.2) is 24.1 Å². The predicted octanol–water partition coefficient (Wildman–Crippen LogP) is 3.12. The molecule has 19 heavy (non-hydrogen) atoms. The van der Waals surface area contributed by atoms with Crippen molar-refractivity contribution in [2.45, 2.75) is 53.1 Å². The molecule has 2 rings (SSSR count). The van der Waals surface area contributed by atoms with Gasteiger partial charge in [-0.2, -0.15) is 0 Å². The number of aryl methyl sites for hydroxylation is 1. The molecule has 106 valence electrons. The molecule has 1 aliphatic heterocycles. The standard InChI is InChI=1S/C16H27N3/c1-5-17-11-15-9-13(3)18-16(10-15)19-8-6-7-12(2)14(19)4/h9-10,12,14,17H,5-8,11H2,1-4H3. The summed E-state index contributed by atoms with van der Waals surface area (Å²) in [4.78, 5) is 7.23. The number of hydrogen-bond donors (Lipinski definition) is 1. The molecule has 1 N–H and O–H groups in total. The average Bonchev–Trinajstić information content (AvgIpc) is 2.39. The van der Waals surface area contributed by atoms with Crippen LogP contribution < -0.4 is 10.2 Å². The maximum atomic E-state index is 4.75. The number of hydrogen-bond acceptors (Lipinski definition) is 3. The molecule has 0 saturated carbocycles. The highest BCUT2D eigenvalue weighted by atomic mass is 15.2. The summed E-state index contributed by atoms with van der Waals surface area (Å²) in [6.45, 7) is 12.0. The number of nitrogens with zero attached hydrogens (tertiary/aromatic N) is 2. The summed E-state index contributed by atoms with van der Waals surface area (Å²) in [6, 6.07) is 5.03. The maximum Gasteiger partial charge on any atom is 0.129 e. The topological polar surface area (TPSA) is 28.2 Å². The fourth-order valence-electron chi connectivity index (χ4n) is 2.90. The van der Waals surface area contributed by atoms with Crippen LogP contribution in [0.3, 0.4) is 0 Å². The van der Waals surface area contributed by atoms with E-state index in [9.17, 15) is 0 Å². The molecule has 0 spiro atoms. The van der Waals surface area contributed by atoms with Crippen molar-refractivity contribution in [3.05, 3.63) is 23.4 Å². The van der Waals surface area contributed by atoms with Crippen molar-refractivity contribution < 1.29 is 0 Å². The Morgan fingerprint density at radius 1 is 1.37 bits per heavy atom. The van der Waals surface area contributed by atoms with E-state index >= 15 is 0 Å². The number of pyridine rings is 1. The molecule has 2 unspecified atom stereocenters. The van der Waals surface area contributed by atoms with Crippen LogP contribution in [0.1, 0.15) is 44.9 Å². The van der Waals surface area contributed by atoms with E-state index in [2.05, 4.69) is 50.0 Å². The molecule has 1 aromatic rings. The zero-order valence-corrected chi connectivity index (χ0v) is 12.7. The minimum Gasteiger partial charge on any atom is -0.354 e. The van der Waals surface area contributed by atoms with Gasteiger partial charge in [-0.1, -0.05) is 13.8 Å². The van der Waals surface area contributed by atoms with Gasteiger partial charge in [0.2, 0.25) is 0 Å². The lowest BCUT2D eigenvalue weighted by molar-refractivity contribution is 0.361. The molecular formula is C16H27N3. The molecule has 0 amide bonds. The quantitative estimate of drug-likeness (QED) is 0.902. The van der Waals surface area contributed by atoms with Gasteiger partial charge in [-0.05, 0) is 56.8 Å². The Morgan fingerprint density at radius 3 is 2.89 bits per heavy atom. The minimum atomic E-state index is 0.593. The van der Waals surface area contributed by atoms with E-state index in [1.165, 1.54) is 18.4 Å². The van der Waals surface area contributed by atoms with Gasteiger partial charge >= 0.3 is 0 Å². The average molecular weight is 261 g/mol. The summed E-state index contributed by atoms with van der Waals surface area (Å²) in [5.41, 5.74) is 2.46. The van der Waals surface area contributed by atoms with Gasteiger partial charge < -0.3 is 10.2 Å². The van der Waals surface area contributed by atoms with Crippen molar-refractivity contribution in [1.29, 1.82) is 0 Å². The normalized spacial score (nSPS) is 23.7. The molecular weight excluding hydrogens is 234 g/mol. The molecule has 1 aromatic heterocycles. The highest BCUT2D eigenvalue weighted by Gasteiger charge is 2.25. The molecule has 2 heterocycles. The monoisotopic (exact) mass is 261 g/mol. The van der Waals surface area contributed by atoms with E-state index in [1.807, 2.05) is 0 Å². The molecule has 1 aliphatic rings. The van der Waals surface area contributed by atoms with Crippen molar-refractivity contribution in [2.24, 2.45) is 5.92 Å². The fraction of sp³-hybridized carbons (Fsp3) is 0.688. The second kappa shape index (κ2) is 6.38. The van der Waals surface area contributed by atoms with E-state index in [0.29, 0.717) is 6.04 Å². The van der Waals surface area contributed by atoms with Crippen molar-refractivity contribution in [3.63, 3.8) is 0 Å². The summed E-state index contributed by atoms with van der Waals surface area (Å²) < 4.78 is 0.